The molecule has 0 aromatic heterocycles. The summed E-state index contributed by atoms with van der Waals surface area (Å²) in [4.78, 5) is 0. The van der Waals surface area contributed by atoms with Gasteiger partial charge in [-0.1, -0.05) is 12.1 Å². The summed E-state index contributed by atoms with van der Waals surface area (Å²) in [5.74, 6) is 1.15. The highest BCUT2D eigenvalue weighted by molar-refractivity contribution is 5.27. The minimum atomic E-state index is 0.222. The van der Waals surface area contributed by atoms with Crippen LogP contribution in [0.5, 0.6) is 5.75 Å². The molecule has 1 fully saturated rings. The van der Waals surface area contributed by atoms with Crippen molar-refractivity contribution in [2.45, 2.75) is 44.8 Å². The molecule has 1 aliphatic heterocycles. The van der Waals surface area contributed by atoms with Gasteiger partial charge in [-0.05, 0) is 56.2 Å². The Kier molecular flexibility index (Phi) is 5.23. The Labute approximate surface area is 115 Å². The molecule has 0 amide bonds. The zero-order chi connectivity index (χ0) is 13.7. The third-order valence-corrected chi connectivity index (χ3v) is 3.86. The van der Waals surface area contributed by atoms with Gasteiger partial charge >= 0.3 is 0 Å². The first-order valence-corrected chi connectivity index (χ1v) is 7.10. The van der Waals surface area contributed by atoms with E-state index in [4.69, 9.17) is 9.47 Å². The fraction of sp³-hybridized carbons (Fsp3) is 0.625. The fourth-order valence-corrected chi connectivity index (χ4v) is 2.75. The van der Waals surface area contributed by atoms with E-state index < -0.39 is 0 Å². The monoisotopic (exact) mass is 264 g/mol. The molecule has 1 aromatic rings. The highest BCUT2D eigenvalue weighted by Gasteiger charge is 2.24. The molecule has 1 saturated heterocycles. The molecule has 1 heterocycles. The van der Waals surface area contributed by atoms with Gasteiger partial charge in [0.15, 0.2) is 0 Å². The minimum absolute atomic E-state index is 0.222. The fourth-order valence-electron chi connectivity index (χ4n) is 2.75. The van der Waals surface area contributed by atoms with Gasteiger partial charge in [-0.15, -0.1) is 0 Å². The Morgan fingerprint density at radius 3 is 2.58 bits per heavy atom. The Hall–Kier alpha value is -1.06. The normalized spacial score (nSPS) is 24.4. The van der Waals surface area contributed by atoms with Gasteiger partial charge in [0, 0.05) is 6.61 Å². The van der Waals surface area contributed by atoms with Gasteiger partial charge in [0.25, 0.3) is 0 Å². The number of hydrogen-bond donors (Lipinski definition) is 1. The van der Waals surface area contributed by atoms with Crippen molar-refractivity contribution < 1.29 is 14.6 Å². The van der Waals surface area contributed by atoms with Crippen LogP contribution in [0.2, 0.25) is 0 Å². The van der Waals surface area contributed by atoms with Gasteiger partial charge < -0.3 is 14.6 Å². The Morgan fingerprint density at radius 1 is 1.32 bits per heavy atom. The molecule has 0 saturated carbocycles. The Morgan fingerprint density at radius 2 is 2.05 bits per heavy atom. The van der Waals surface area contributed by atoms with E-state index >= 15 is 0 Å². The lowest BCUT2D eigenvalue weighted by molar-refractivity contribution is 0.0338. The van der Waals surface area contributed by atoms with E-state index in [0.717, 1.165) is 31.4 Å². The molecule has 3 unspecified atom stereocenters. The van der Waals surface area contributed by atoms with Crippen molar-refractivity contribution in [3.05, 3.63) is 29.8 Å². The summed E-state index contributed by atoms with van der Waals surface area (Å²) in [6.07, 6.45) is 4.82. The molecule has 1 aliphatic rings. The molecule has 19 heavy (non-hydrogen) atoms. The molecular weight excluding hydrogens is 240 g/mol. The van der Waals surface area contributed by atoms with Crippen LogP contribution in [0, 0.1) is 5.92 Å². The second-order valence-corrected chi connectivity index (χ2v) is 5.48. The zero-order valence-electron chi connectivity index (χ0n) is 11.8. The van der Waals surface area contributed by atoms with E-state index in [1.807, 2.05) is 12.1 Å². The number of aliphatic hydroxyl groups is 1. The van der Waals surface area contributed by atoms with Crippen molar-refractivity contribution in [3.63, 3.8) is 0 Å². The van der Waals surface area contributed by atoms with Gasteiger partial charge in [-0.25, -0.2) is 0 Å². The molecule has 3 heteroatoms. The summed E-state index contributed by atoms with van der Waals surface area (Å²) in [6, 6.07) is 8.08. The number of benzene rings is 1. The van der Waals surface area contributed by atoms with Crippen molar-refractivity contribution in [3.8, 4) is 5.75 Å². The van der Waals surface area contributed by atoms with E-state index in [0.29, 0.717) is 12.2 Å². The molecule has 0 spiro atoms. The molecule has 3 atom stereocenters. The lowest BCUT2D eigenvalue weighted by atomic mass is 9.93. The largest absolute Gasteiger partial charge is 0.497 e. The van der Waals surface area contributed by atoms with Crippen LogP contribution in [0.15, 0.2) is 24.3 Å². The number of methoxy groups -OCH3 is 1. The van der Waals surface area contributed by atoms with Crippen LogP contribution in [0.1, 0.15) is 31.7 Å². The number of aliphatic hydroxyl groups excluding tert-OH is 1. The van der Waals surface area contributed by atoms with Gasteiger partial charge in [0.05, 0.1) is 19.3 Å². The maximum absolute atomic E-state index is 9.53. The predicted octanol–water partition coefficient (Wildman–Crippen LogP) is 2.80. The van der Waals surface area contributed by atoms with E-state index in [-0.39, 0.29) is 12.5 Å². The molecule has 106 valence electrons. The van der Waals surface area contributed by atoms with Gasteiger partial charge in [-0.3, -0.25) is 0 Å². The second-order valence-electron chi connectivity index (χ2n) is 5.48. The van der Waals surface area contributed by atoms with E-state index in [9.17, 15) is 5.11 Å². The first-order valence-electron chi connectivity index (χ1n) is 7.10. The Balaban J connectivity index is 1.87. The van der Waals surface area contributed by atoms with E-state index in [1.165, 1.54) is 5.56 Å². The quantitative estimate of drug-likeness (QED) is 0.858. The number of ether oxygens (including phenoxy) is 2. The predicted molar refractivity (Wildman–Crippen MR) is 75.5 cm³/mol. The first kappa shape index (κ1) is 14.4. The smallest absolute Gasteiger partial charge is 0.118 e. The maximum atomic E-state index is 9.53. The number of hydrogen-bond acceptors (Lipinski definition) is 3. The minimum Gasteiger partial charge on any atom is -0.497 e. The second kappa shape index (κ2) is 6.92. The van der Waals surface area contributed by atoms with E-state index in [2.05, 4.69) is 19.1 Å². The summed E-state index contributed by atoms with van der Waals surface area (Å²) in [5, 5.41) is 9.53. The summed E-state index contributed by atoms with van der Waals surface area (Å²) < 4.78 is 11.0. The molecule has 3 nitrogen and oxygen atoms in total. The lowest BCUT2D eigenvalue weighted by Gasteiger charge is -2.19. The van der Waals surface area contributed by atoms with Crippen LogP contribution in [0.25, 0.3) is 0 Å². The van der Waals surface area contributed by atoms with Crippen molar-refractivity contribution in [1.82, 2.24) is 0 Å². The van der Waals surface area contributed by atoms with Crippen molar-refractivity contribution >= 4 is 0 Å². The number of rotatable bonds is 6. The van der Waals surface area contributed by atoms with Crippen molar-refractivity contribution in [2.24, 2.45) is 5.92 Å². The molecule has 0 radical (unpaired) electrons. The van der Waals surface area contributed by atoms with Crippen molar-refractivity contribution in [2.75, 3.05) is 13.7 Å². The highest BCUT2D eigenvalue weighted by atomic mass is 16.5. The maximum Gasteiger partial charge on any atom is 0.118 e. The molecule has 1 aromatic carbocycles. The third-order valence-electron chi connectivity index (χ3n) is 3.86. The first-order chi connectivity index (χ1) is 9.21. The lowest BCUT2D eigenvalue weighted by Crippen LogP contribution is -2.19. The van der Waals surface area contributed by atoms with Crippen LogP contribution in [-0.2, 0) is 11.2 Å². The summed E-state index contributed by atoms with van der Waals surface area (Å²) in [6.45, 7) is 2.34. The van der Waals surface area contributed by atoms with Gasteiger partial charge in [-0.2, -0.15) is 0 Å². The van der Waals surface area contributed by atoms with Gasteiger partial charge in [0.1, 0.15) is 5.75 Å². The summed E-state index contributed by atoms with van der Waals surface area (Å²) in [7, 11) is 1.67. The van der Waals surface area contributed by atoms with Gasteiger partial charge in [0.2, 0.25) is 0 Å². The summed E-state index contributed by atoms with van der Waals surface area (Å²) in [5.41, 5.74) is 1.24. The molecular formula is C16H24O3. The standard InChI is InChI=1S/C16H24O3/c1-12-3-6-16(19-12)10-14(11-17)9-13-4-7-15(18-2)8-5-13/h4-5,7-8,12,14,16-17H,3,6,9-11H2,1-2H3. The SMILES string of the molecule is COc1ccc(CC(CO)CC2CCC(C)O2)cc1. The highest BCUT2D eigenvalue weighted by Crippen LogP contribution is 2.26. The average molecular weight is 264 g/mol. The van der Waals surface area contributed by atoms with Crippen LogP contribution < -0.4 is 4.74 Å². The average Bonchev–Trinajstić information content (AvgIpc) is 2.84. The van der Waals surface area contributed by atoms with Crippen LogP contribution in [-0.4, -0.2) is 31.0 Å². The van der Waals surface area contributed by atoms with Crippen LogP contribution in [0.3, 0.4) is 0 Å². The van der Waals surface area contributed by atoms with Crippen LogP contribution in [0.4, 0.5) is 0 Å². The van der Waals surface area contributed by atoms with Crippen molar-refractivity contribution in [1.29, 1.82) is 0 Å². The molecule has 0 bridgehead atoms. The molecule has 1 N–H and O–H groups in total. The third kappa shape index (κ3) is 4.22. The van der Waals surface area contributed by atoms with Crippen LogP contribution >= 0.6 is 0 Å². The topological polar surface area (TPSA) is 38.7 Å². The zero-order valence-corrected chi connectivity index (χ0v) is 11.8. The summed E-state index contributed by atoms with van der Waals surface area (Å²) >= 11 is 0. The molecule has 0 aliphatic carbocycles. The molecule has 2 rings (SSSR count). The van der Waals surface area contributed by atoms with E-state index in [1.54, 1.807) is 7.11 Å². The Bertz CT molecular complexity index is 374.